The van der Waals surface area contributed by atoms with Crippen LogP contribution < -0.4 is 0 Å². The highest BCUT2D eigenvalue weighted by atomic mass is 15.4. The summed E-state index contributed by atoms with van der Waals surface area (Å²) in [6.45, 7) is 5.54. The number of nitrogens with zero attached hydrogens (tertiary/aromatic N) is 2. The largest absolute Gasteiger partial charge is 0.326 e. The van der Waals surface area contributed by atoms with Crippen molar-refractivity contribution in [3.8, 4) is 0 Å². The van der Waals surface area contributed by atoms with Gasteiger partial charge >= 0.3 is 0 Å². The van der Waals surface area contributed by atoms with Crippen LogP contribution in [0.2, 0.25) is 0 Å². The maximum absolute atomic E-state index is 2.55. The summed E-state index contributed by atoms with van der Waals surface area (Å²) >= 11 is 0. The van der Waals surface area contributed by atoms with E-state index in [2.05, 4.69) is 40.3 Å². The average molecular weight is 250 g/mol. The Bertz CT molecular complexity index is 331. The fourth-order valence-electron chi connectivity index (χ4n) is 4.57. The highest BCUT2D eigenvalue weighted by Crippen LogP contribution is 2.49. The Labute approximate surface area is 112 Å². The standard InChI is InChI=1S/C16H30N2/c1-17(2,3)9-10-18(4)11-15-13-5-6-14(8-7-13)16(15)12-18/h5-6,13-16H,7-12H2,1-4H3/q+2. The van der Waals surface area contributed by atoms with Gasteiger partial charge in [0.1, 0.15) is 13.1 Å². The molecule has 0 radical (unpaired) electrons. The quantitative estimate of drug-likeness (QED) is 0.531. The summed E-state index contributed by atoms with van der Waals surface area (Å²) < 4.78 is 2.44. The van der Waals surface area contributed by atoms with Crippen LogP contribution in [0, 0.1) is 23.7 Å². The van der Waals surface area contributed by atoms with Gasteiger partial charge in [-0.25, -0.2) is 0 Å². The maximum atomic E-state index is 2.55. The first kappa shape index (κ1) is 12.7. The Morgan fingerprint density at radius 1 is 1.00 bits per heavy atom. The van der Waals surface area contributed by atoms with E-state index in [-0.39, 0.29) is 0 Å². The van der Waals surface area contributed by atoms with Crippen molar-refractivity contribution >= 4 is 0 Å². The summed E-state index contributed by atoms with van der Waals surface area (Å²) in [5, 5.41) is 0. The van der Waals surface area contributed by atoms with Crippen molar-refractivity contribution in [2.45, 2.75) is 12.8 Å². The van der Waals surface area contributed by atoms with Gasteiger partial charge in [0.2, 0.25) is 0 Å². The molecule has 2 nitrogen and oxygen atoms in total. The van der Waals surface area contributed by atoms with Gasteiger partial charge in [-0.05, 0) is 24.7 Å². The van der Waals surface area contributed by atoms with Gasteiger partial charge < -0.3 is 8.97 Å². The van der Waals surface area contributed by atoms with Crippen LogP contribution in [0.1, 0.15) is 12.8 Å². The Morgan fingerprint density at radius 2 is 1.50 bits per heavy atom. The normalized spacial score (nSPS) is 46.4. The minimum absolute atomic E-state index is 0.920. The van der Waals surface area contributed by atoms with Crippen molar-refractivity contribution < 1.29 is 8.97 Å². The molecule has 4 rings (SSSR count). The summed E-state index contributed by atoms with van der Waals surface area (Å²) in [6.07, 6.45) is 8.03. The molecular formula is C16H30N2+2. The van der Waals surface area contributed by atoms with E-state index >= 15 is 0 Å². The van der Waals surface area contributed by atoms with Crippen LogP contribution in [0.3, 0.4) is 0 Å². The summed E-state index contributed by atoms with van der Waals surface area (Å²) in [6, 6.07) is 0. The van der Waals surface area contributed by atoms with E-state index in [1.54, 1.807) is 0 Å². The van der Waals surface area contributed by atoms with Crippen molar-refractivity contribution in [3.63, 3.8) is 0 Å². The predicted octanol–water partition coefficient (Wildman–Crippen LogP) is 1.98. The number of likely N-dealkylation sites (N-methyl/N-ethyl adjacent to an activating group) is 2. The fraction of sp³-hybridized carbons (Fsp3) is 0.875. The van der Waals surface area contributed by atoms with Gasteiger partial charge in [-0.15, -0.1) is 0 Å². The predicted molar refractivity (Wildman–Crippen MR) is 76.0 cm³/mol. The van der Waals surface area contributed by atoms with Gasteiger partial charge in [0.25, 0.3) is 0 Å². The van der Waals surface area contributed by atoms with E-state index < -0.39 is 0 Å². The lowest BCUT2D eigenvalue weighted by atomic mass is 9.64. The summed E-state index contributed by atoms with van der Waals surface area (Å²) in [5.41, 5.74) is 0. The molecule has 0 aromatic rings. The molecule has 2 bridgehead atoms. The summed E-state index contributed by atoms with van der Waals surface area (Å²) in [5.74, 6) is 3.85. The first-order chi connectivity index (χ1) is 8.36. The van der Waals surface area contributed by atoms with Gasteiger partial charge in [0.05, 0.1) is 41.3 Å². The SMILES string of the molecule is C[N+](C)(C)CC[N+]1(C)CC2C3C=CC(CC3)C2C1. The molecule has 0 aromatic heterocycles. The lowest BCUT2D eigenvalue weighted by Gasteiger charge is -2.38. The first-order valence-electron chi connectivity index (χ1n) is 7.69. The zero-order valence-electron chi connectivity index (χ0n) is 12.6. The Kier molecular flexibility index (Phi) is 2.87. The van der Waals surface area contributed by atoms with Gasteiger partial charge in [-0.3, -0.25) is 0 Å². The Balaban J connectivity index is 1.68. The third-order valence-corrected chi connectivity index (χ3v) is 5.70. The third kappa shape index (κ3) is 2.25. The fourth-order valence-corrected chi connectivity index (χ4v) is 4.57. The number of fused-ring (bicyclic) bond motifs is 1. The third-order valence-electron chi connectivity index (χ3n) is 5.70. The molecule has 4 unspecified atom stereocenters. The van der Waals surface area contributed by atoms with Crippen molar-refractivity contribution in [3.05, 3.63) is 12.2 Å². The Hall–Kier alpha value is -0.340. The van der Waals surface area contributed by atoms with Crippen LogP contribution in [0.15, 0.2) is 12.2 Å². The Morgan fingerprint density at radius 3 is 1.89 bits per heavy atom. The average Bonchev–Trinajstić information content (AvgIpc) is 2.67. The topological polar surface area (TPSA) is 0 Å². The van der Waals surface area contributed by atoms with E-state index in [0.717, 1.165) is 28.2 Å². The zero-order valence-corrected chi connectivity index (χ0v) is 12.6. The molecule has 1 saturated heterocycles. The van der Waals surface area contributed by atoms with Crippen molar-refractivity contribution in [1.82, 2.24) is 0 Å². The van der Waals surface area contributed by atoms with Crippen LogP contribution in [0.4, 0.5) is 0 Å². The van der Waals surface area contributed by atoms with Gasteiger partial charge in [-0.1, -0.05) is 12.2 Å². The van der Waals surface area contributed by atoms with E-state index in [9.17, 15) is 0 Å². The molecule has 4 aliphatic rings. The monoisotopic (exact) mass is 250 g/mol. The van der Waals surface area contributed by atoms with Crippen molar-refractivity contribution in [2.24, 2.45) is 23.7 Å². The highest BCUT2D eigenvalue weighted by Gasteiger charge is 2.52. The molecule has 0 amide bonds. The molecule has 0 spiro atoms. The molecule has 0 N–H and O–H groups in total. The van der Waals surface area contributed by atoms with Crippen molar-refractivity contribution in [1.29, 1.82) is 0 Å². The molecule has 1 saturated carbocycles. The van der Waals surface area contributed by atoms with Crippen LogP contribution in [0.25, 0.3) is 0 Å². The van der Waals surface area contributed by atoms with Crippen molar-refractivity contribution in [2.75, 3.05) is 54.4 Å². The second-order valence-corrected chi connectivity index (χ2v) is 8.34. The van der Waals surface area contributed by atoms with Crippen LogP contribution in [-0.2, 0) is 0 Å². The number of allylic oxidation sites excluding steroid dienone is 2. The lowest BCUT2D eigenvalue weighted by molar-refractivity contribution is -0.943. The minimum Gasteiger partial charge on any atom is -0.326 e. The van der Waals surface area contributed by atoms with E-state index in [0.29, 0.717) is 0 Å². The molecule has 2 heteroatoms. The minimum atomic E-state index is 0.920. The molecule has 1 aliphatic heterocycles. The molecule has 102 valence electrons. The summed E-state index contributed by atoms with van der Waals surface area (Å²) in [7, 11) is 9.47. The van der Waals surface area contributed by atoms with Crippen LogP contribution >= 0.6 is 0 Å². The van der Waals surface area contributed by atoms with Gasteiger partial charge in [-0.2, -0.15) is 0 Å². The maximum Gasteiger partial charge on any atom is 0.128 e. The highest BCUT2D eigenvalue weighted by molar-refractivity contribution is 5.10. The van der Waals surface area contributed by atoms with Gasteiger partial charge in [0, 0.05) is 11.8 Å². The number of rotatable bonds is 3. The summed E-state index contributed by atoms with van der Waals surface area (Å²) in [4.78, 5) is 0. The first-order valence-corrected chi connectivity index (χ1v) is 7.69. The van der Waals surface area contributed by atoms with Crippen LogP contribution in [0.5, 0.6) is 0 Å². The second-order valence-electron chi connectivity index (χ2n) is 8.34. The number of hydrogen-bond donors (Lipinski definition) is 0. The lowest BCUT2D eigenvalue weighted by Crippen LogP contribution is -2.50. The van der Waals surface area contributed by atoms with E-state index in [4.69, 9.17) is 0 Å². The number of hydrogen-bond acceptors (Lipinski definition) is 0. The molecule has 3 aliphatic carbocycles. The zero-order chi connectivity index (χ0) is 13.0. The van der Waals surface area contributed by atoms with E-state index in [1.807, 2.05) is 0 Å². The molecule has 4 atom stereocenters. The number of likely N-dealkylation sites (tertiary alicyclic amines) is 1. The number of quaternary nitrogens is 2. The molecular weight excluding hydrogens is 220 g/mol. The second kappa shape index (κ2) is 4.08. The smallest absolute Gasteiger partial charge is 0.128 e. The molecule has 18 heavy (non-hydrogen) atoms. The van der Waals surface area contributed by atoms with E-state index in [1.165, 1.54) is 43.5 Å². The van der Waals surface area contributed by atoms with Gasteiger partial charge in [0.15, 0.2) is 0 Å². The molecule has 0 aromatic carbocycles. The van der Waals surface area contributed by atoms with Crippen LogP contribution in [-0.4, -0.2) is 63.3 Å². The molecule has 2 fully saturated rings. The molecule has 1 heterocycles.